The minimum atomic E-state index is -0.607. The Hall–Kier alpha value is -3.25. The fourth-order valence-corrected chi connectivity index (χ4v) is 5.19. The van der Waals surface area contributed by atoms with Crippen molar-refractivity contribution in [1.29, 1.82) is 0 Å². The van der Waals surface area contributed by atoms with Gasteiger partial charge in [-0.05, 0) is 30.9 Å². The van der Waals surface area contributed by atoms with Gasteiger partial charge in [-0.1, -0.05) is 74.9 Å². The summed E-state index contributed by atoms with van der Waals surface area (Å²) in [6.45, 7) is 6.41. The van der Waals surface area contributed by atoms with Gasteiger partial charge in [0.05, 0.1) is 22.2 Å². The summed E-state index contributed by atoms with van der Waals surface area (Å²) < 4.78 is 0. The van der Waals surface area contributed by atoms with E-state index in [1.807, 2.05) is 54.6 Å². The van der Waals surface area contributed by atoms with Crippen molar-refractivity contribution >= 4 is 23.0 Å². The molecule has 3 aromatic rings. The number of ketones is 1. The van der Waals surface area contributed by atoms with Crippen molar-refractivity contribution in [1.82, 2.24) is 9.88 Å². The Morgan fingerprint density at radius 2 is 1.79 bits per heavy atom. The van der Waals surface area contributed by atoms with Crippen LogP contribution in [0.15, 0.2) is 65.9 Å². The third-order valence-corrected chi connectivity index (χ3v) is 7.23. The van der Waals surface area contributed by atoms with Crippen molar-refractivity contribution in [2.45, 2.75) is 46.1 Å². The van der Waals surface area contributed by atoms with Crippen molar-refractivity contribution in [3.05, 3.63) is 87.6 Å². The number of carbonyl (C=O) groups is 2. The van der Waals surface area contributed by atoms with Gasteiger partial charge in [0.15, 0.2) is 5.76 Å². The quantitative estimate of drug-likeness (QED) is 0.415. The number of aliphatic hydroxyl groups is 1. The molecule has 4 rings (SSSR count). The second-order valence-corrected chi connectivity index (χ2v) is 9.24. The standard InChI is InChI=1S/C27H28N2O3S/c1-4-6-16-29-22(19-14-12-18(5-2)13-15-19)21(24(31)27(29)32)23(30)25-17(3)28-26(33-25)20-10-8-7-9-11-20/h7-15,22,31H,4-6,16H2,1-3H3. The van der Waals surface area contributed by atoms with Gasteiger partial charge in [-0.25, -0.2) is 4.98 Å². The number of amides is 1. The number of Topliss-reactive ketones (excluding diaryl/α,β-unsaturated/α-hetero) is 1. The number of hydrogen-bond acceptors (Lipinski definition) is 5. The Bertz CT molecular complexity index is 1200. The van der Waals surface area contributed by atoms with Gasteiger partial charge >= 0.3 is 0 Å². The smallest absolute Gasteiger partial charge is 0.290 e. The average Bonchev–Trinajstić information content (AvgIpc) is 3.35. The first-order valence-electron chi connectivity index (χ1n) is 11.4. The van der Waals surface area contributed by atoms with Crippen LogP contribution in [0.5, 0.6) is 0 Å². The monoisotopic (exact) mass is 460 g/mol. The Kier molecular flexibility index (Phi) is 6.75. The Morgan fingerprint density at radius 1 is 1.09 bits per heavy atom. The van der Waals surface area contributed by atoms with Gasteiger partial charge in [-0.3, -0.25) is 9.59 Å². The molecule has 1 aromatic heterocycles. The van der Waals surface area contributed by atoms with E-state index in [4.69, 9.17) is 0 Å². The van der Waals surface area contributed by atoms with Crippen LogP contribution in [-0.4, -0.2) is 33.2 Å². The lowest BCUT2D eigenvalue weighted by Gasteiger charge is -2.26. The van der Waals surface area contributed by atoms with E-state index in [-0.39, 0.29) is 11.4 Å². The summed E-state index contributed by atoms with van der Waals surface area (Å²) in [6.07, 6.45) is 2.60. The summed E-state index contributed by atoms with van der Waals surface area (Å²) in [5.41, 5.74) is 3.68. The maximum absolute atomic E-state index is 13.8. The Balaban J connectivity index is 1.77. The van der Waals surface area contributed by atoms with Crippen LogP contribution < -0.4 is 0 Å². The molecular formula is C27H28N2O3S. The average molecular weight is 461 g/mol. The number of benzene rings is 2. The zero-order chi connectivity index (χ0) is 23.5. The van der Waals surface area contributed by atoms with Gasteiger partial charge in [-0.15, -0.1) is 11.3 Å². The van der Waals surface area contributed by atoms with E-state index in [9.17, 15) is 14.7 Å². The number of nitrogens with zero attached hydrogens (tertiary/aromatic N) is 2. The van der Waals surface area contributed by atoms with Gasteiger partial charge in [0, 0.05) is 12.1 Å². The summed E-state index contributed by atoms with van der Waals surface area (Å²) in [7, 11) is 0. The number of thiazole rings is 1. The molecule has 1 atom stereocenters. The molecule has 0 saturated carbocycles. The van der Waals surface area contributed by atoms with Crippen LogP contribution in [0.1, 0.15) is 59.2 Å². The van der Waals surface area contributed by atoms with E-state index in [0.29, 0.717) is 17.1 Å². The van der Waals surface area contributed by atoms with Gasteiger partial charge in [-0.2, -0.15) is 0 Å². The summed E-state index contributed by atoms with van der Waals surface area (Å²) in [6, 6.07) is 17.0. The predicted molar refractivity (Wildman–Crippen MR) is 131 cm³/mol. The van der Waals surface area contributed by atoms with Gasteiger partial charge in [0.1, 0.15) is 5.01 Å². The summed E-state index contributed by atoms with van der Waals surface area (Å²) >= 11 is 1.30. The number of aromatic nitrogens is 1. The summed E-state index contributed by atoms with van der Waals surface area (Å²) in [4.78, 5) is 33.5. The van der Waals surface area contributed by atoms with E-state index in [1.165, 1.54) is 16.9 Å². The molecule has 170 valence electrons. The first kappa shape index (κ1) is 22.9. The minimum absolute atomic E-state index is 0.145. The molecule has 0 spiro atoms. The molecule has 0 aliphatic carbocycles. The number of aliphatic hydroxyl groups excluding tert-OH is 1. The molecule has 1 N–H and O–H groups in total. The Labute approximate surface area is 198 Å². The maximum Gasteiger partial charge on any atom is 0.290 e. The van der Waals surface area contributed by atoms with Crippen LogP contribution in [-0.2, 0) is 11.2 Å². The zero-order valence-corrected chi connectivity index (χ0v) is 20.0. The van der Waals surface area contributed by atoms with Crippen molar-refractivity contribution < 1.29 is 14.7 Å². The zero-order valence-electron chi connectivity index (χ0n) is 19.2. The molecule has 2 heterocycles. The first-order chi connectivity index (χ1) is 16.0. The Morgan fingerprint density at radius 3 is 2.42 bits per heavy atom. The molecule has 0 fully saturated rings. The highest BCUT2D eigenvalue weighted by molar-refractivity contribution is 7.17. The molecule has 5 nitrogen and oxygen atoms in total. The largest absolute Gasteiger partial charge is 0.503 e. The predicted octanol–water partition coefficient (Wildman–Crippen LogP) is 6.06. The summed E-state index contributed by atoms with van der Waals surface area (Å²) in [5.74, 6) is -1.27. The molecule has 1 aliphatic rings. The third-order valence-electron chi connectivity index (χ3n) is 6.03. The van der Waals surface area contributed by atoms with Crippen LogP contribution in [0.3, 0.4) is 0 Å². The van der Waals surface area contributed by atoms with Crippen LogP contribution in [0.25, 0.3) is 10.6 Å². The number of rotatable bonds is 8. The molecule has 6 heteroatoms. The fourth-order valence-electron chi connectivity index (χ4n) is 4.16. The number of aryl methyl sites for hydroxylation is 2. The number of carbonyl (C=O) groups excluding carboxylic acids is 2. The van der Waals surface area contributed by atoms with E-state index in [2.05, 4.69) is 18.8 Å². The minimum Gasteiger partial charge on any atom is -0.503 e. The third kappa shape index (κ3) is 4.35. The fraction of sp³-hybridized carbons (Fsp3) is 0.296. The number of unbranched alkanes of at least 4 members (excludes halogenated alkanes) is 1. The second-order valence-electron chi connectivity index (χ2n) is 8.24. The van der Waals surface area contributed by atoms with Crippen molar-refractivity contribution in [2.75, 3.05) is 6.54 Å². The molecule has 33 heavy (non-hydrogen) atoms. The number of hydrogen-bond donors (Lipinski definition) is 1. The van der Waals surface area contributed by atoms with Crippen molar-refractivity contribution in [3.8, 4) is 10.6 Å². The maximum atomic E-state index is 13.8. The van der Waals surface area contributed by atoms with Gasteiger partial charge in [0.2, 0.25) is 5.78 Å². The molecule has 0 radical (unpaired) electrons. The molecular weight excluding hydrogens is 432 g/mol. The van der Waals surface area contributed by atoms with Gasteiger partial charge < -0.3 is 10.0 Å². The highest BCUT2D eigenvalue weighted by Gasteiger charge is 2.44. The lowest BCUT2D eigenvalue weighted by Crippen LogP contribution is -2.32. The molecule has 1 amide bonds. The SMILES string of the molecule is CCCCN1C(=O)C(O)=C(C(=O)c2sc(-c3ccccc3)nc2C)C1c1ccc(CC)cc1. The second kappa shape index (κ2) is 9.71. The van der Waals surface area contributed by atoms with E-state index in [1.54, 1.807) is 11.8 Å². The van der Waals surface area contributed by atoms with Gasteiger partial charge in [0.25, 0.3) is 5.91 Å². The first-order valence-corrected chi connectivity index (χ1v) is 12.2. The van der Waals surface area contributed by atoms with Crippen LogP contribution in [0, 0.1) is 6.92 Å². The molecule has 1 aliphatic heterocycles. The van der Waals surface area contributed by atoms with E-state index in [0.717, 1.165) is 35.4 Å². The van der Waals surface area contributed by atoms with E-state index >= 15 is 0 Å². The normalized spacial score (nSPS) is 16.0. The van der Waals surface area contributed by atoms with Crippen molar-refractivity contribution in [2.24, 2.45) is 0 Å². The highest BCUT2D eigenvalue weighted by atomic mass is 32.1. The molecule has 2 aromatic carbocycles. The molecule has 0 bridgehead atoms. The molecule has 0 saturated heterocycles. The lowest BCUT2D eigenvalue weighted by atomic mass is 9.94. The van der Waals surface area contributed by atoms with Crippen LogP contribution in [0.2, 0.25) is 0 Å². The highest BCUT2D eigenvalue weighted by Crippen LogP contribution is 2.41. The molecule has 1 unspecified atom stereocenters. The van der Waals surface area contributed by atoms with Crippen LogP contribution in [0.4, 0.5) is 0 Å². The topological polar surface area (TPSA) is 70.5 Å². The van der Waals surface area contributed by atoms with Crippen molar-refractivity contribution in [3.63, 3.8) is 0 Å². The lowest BCUT2D eigenvalue weighted by molar-refractivity contribution is -0.129. The van der Waals surface area contributed by atoms with Crippen LogP contribution >= 0.6 is 11.3 Å². The van der Waals surface area contributed by atoms with E-state index < -0.39 is 17.7 Å². The summed E-state index contributed by atoms with van der Waals surface area (Å²) in [5, 5.41) is 11.6.